The van der Waals surface area contributed by atoms with Crippen LogP contribution in [0.4, 0.5) is 0 Å². The van der Waals surface area contributed by atoms with Gasteiger partial charge in [-0.15, -0.1) is 0 Å². The van der Waals surface area contributed by atoms with E-state index in [2.05, 4.69) is 10.1 Å². The SMILES string of the molecule is N#Cc1ccnc(-n2[nH]c(-c3ccc(Cl)cc3)cc2=O)c1. The minimum absolute atomic E-state index is 0.248. The summed E-state index contributed by atoms with van der Waals surface area (Å²) in [5, 5.41) is 12.5. The van der Waals surface area contributed by atoms with Crippen LogP contribution in [-0.4, -0.2) is 14.8 Å². The zero-order chi connectivity index (χ0) is 14.8. The van der Waals surface area contributed by atoms with Crippen LogP contribution in [0.2, 0.25) is 5.02 Å². The normalized spacial score (nSPS) is 10.3. The molecule has 21 heavy (non-hydrogen) atoms. The van der Waals surface area contributed by atoms with Gasteiger partial charge in [-0.25, -0.2) is 9.67 Å². The number of hydrogen-bond acceptors (Lipinski definition) is 3. The van der Waals surface area contributed by atoms with Crippen LogP contribution >= 0.6 is 11.6 Å². The number of nitrogens with zero attached hydrogens (tertiary/aromatic N) is 3. The van der Waals surface area contributed by atoms with Gasteiger partial charge in [-0.3, -0.25) is 9.89 Å². The molecular formula is C15H9ClN4O. The Bertz CT molecular complexity index is 887. The van der Waals surface area contributed by atoms with Gasteiger partial charge in [0.05, 0.1) is 17.3 Å². The maximum Gasteiger partial charge on any atom is 0.273 e. The molecule has 1 aromatic carbocycles. The standard InChI is InChI=1S/C15H9ClN4O/c16-12-3-1-11(2-4-12)13-8-15(21)20(19-13)14-7-10(9-17)5-6-18-14/h1-8,19H. The molecule has 2 heterocycles. The van der Waals surface area contributed by atoms with E-state index in [1.54, 1.807) is 24.3 Å². The molecule has 6 heteroatoms. The third kappa shape index (κ3) is 2.57. The lowest BCUT2D eigenvalue weighted by Crippen LogP contribution is -2.14. The van der Waals surface area contributed by atoms with Crippen molar-refractivity contribution in [2.24, 2.45) is 0 Å². The molecule has 3 aromatic rings. The van der Waals surface area contributed by atoms with Gasteiger partial charge in [0.15, 0.2) is 5.82 Å². The number of nitrogens with one attached hydrogen (secondary N) is 1. The first kappa shape index (κ1) is 13.2. The highest BCUT2D eigenvalue weighted by Gasteiger charge is 2.08. The van der Waals surface area contributed by atoms with Crippen LogP contribution in [0, 0.1) is 11.3 Å². The number of H-pyrrole nitrogens is 1. The van der Waals surface area contributed by atoms with Crippen molar-refractivity contribution in [2.45, 2.75) is 0 Å². The third-order valence-corrected chi connectivity index (χ3v) is 3.23. The van der Waals surface area contributed by atoms with Crippen molar-refractivity contribution in [1.82, 2.24) is 14.8 Å². The summed E-state index contributed by atoms with van der Waals surface area (Å²) in [6.45, 7) is 0. The van der Waals surface area contributed by atoms with E-state index in [-0.39, 0.29) is 5.56 Å². The number of benzene rings is 1. The van der Waals surface area contributed by atoms with Crippen molar-refractivity contribution in [2.75, 3.05) is 0 Å². The summed E-state index contributed by atoms with van der Waals surface area (Å²) < 4.78 is 1.30. The van der Waals surface area contributed by atoms with Crippen LogP contribution in [0.3, 0.4) is 0 Å². The van der Waals surface area contributed by atoms with Crippen LogP contribution in [0.1, 0.15) is 5.56 Å². The average Bonchev–Trinajstić information content (AvgIpc) is 2.90. The Kier molecular flexibility index (Phi) is 3.30. The number of pyridine rings is 1. The third-order valence-electron chi connectivity index (χ3n) is 2.98. The van der Waals surface area contributed by atoms with Crippen molar-refractivity contribution in [3.8, 4) is 23.1 Å². The predicted molar refractivity (Wildman–Crippen MR) is 79.3 cm³/mol. The quantitative estimate of drug-likeness (QED) is 0.790. The van der Waals surface area contributed by atoms with Gasteiger partial charge in [0, 0.05) is 23.4 Å². The molecule has 0 radical (unpaired) electrons. The maximum atomic E-state index is 12.1. The largest absolute Gasteiger partial charge is 0.289 e. The van der Waals surface area contributed by atoms with Gasteiger partial charge in [-0.1, -0.05) is 23.7 Å². The van der Waals surface area contributed by atoms with Gasteiger partial charge in [-0.05, 0) is 23.8 Å². The number of rotatable bonds is 2. The molecule has 0 spiro atoms. The summed E-state index contributed by atoms with van der Waals surface area (Å²) in [6, 6.07) is 13.8. The molecule has 0 amide bonds. The van der Waals surface area contributed by atoms with Crippen LogP contribution in [-0.2, 0) is 0 Å². The van der Waals surface area contributed by atoms with Gasteiger partial charge >= 0.3 is 0 Å². The molecule has 0 aliphatic heterocycles. The minimum atomic E-state index is -0.248. The van der Waals surface area contributed by atoms with Gasteiger partial charge in [0.1, 0.15) is 0 Å². The summed E-state index contributed by atoms with van der Waals surface area (Å²) in [4.78, 5) is 16.2. The van der Waals surface area contributed by atoms with Crippen molar-refractivity contribution in [3.05, 3.63) is 69.6 Å². The highest BCUT2D eigenvalue weighted by molar-refractivity contribution is 6.30. The first-order valence-electron chi connectivity index (χ1n) is 6.12. The zero-order valence-electron chi connectivity index (χ0n) is 10.7. The van der Waals surface area contributed by atoms with Crippen molar-refractivity contribution < 1.29 is 0 Å². The van der Waals surface area contributed by atoms with Crippen molar-refractivity contribution >= 4 is 11.6 Å². The fraction of sp³-hybridized carbons (Fsp3) is 0. The summed E-state index contributed by atoms with van der Waals surface area (Å²) in [6.07, 6.45) is 1.49. The van der Waals surface area contributed by atoms with E-state index < -0.39 is 0 Å². The second kappa shape index (κ2) is 5.27. The fourth-order valence-corrected chi connectivity index (χ4v) is 2.08. The molecule has 0 aliphatic rings. The minimum Gasteiger partial charge on any atom is -0.289 e. The second-order valence-corrected chi connectivity index (χ2v) is 4.80. The topological polar surface area (TPSA) is 74.5 Å². The molecule has 0 saturated carbocycles. The van der Waals surface area contributed by atoms with E-state index in [1.165, 1.54) is 16.9 Å². The van der Waals surface area contributed by atoms with E-state index in [4.69, 9.17) is 16.9 Å². The summed E-state index contributed by atoms with van der Waals surface area (Å²) in [5.74, 6) is 0.374. The summed E-state index contributed by atoms with van der Waals surface area (Å²) >= 11 is 5.85. The lowest BCUT2D eigenvalue weighted by atomic mass is 10.2. The molecule has 0 bridgehead atoms. The Balaban J connectivity index is 2.07. The summed E-state index contributed by atoms with van der Waals surface area (Å²) in [5.41, 5.74) is 1.68. The summed E-state index contributed by atoms with van der Waals surface area (Å²) in [7, 11) is 0. The molecule has 3 rings (SSSR count). The van der Waals surface area contributed by atoms with Crippen molar-refractivity contribution in [3.63, 3.8) is 0 Å². The molecule has 0 unspecified atom stereocenters. The number of aromatic nitrogens is 3. The lowest BCUT2D eigenvalue weighted by Gasteiger charge is -2.01. The Morgan fingerprint density at radius 1 is 1.19 bits per heavy atom. The Hall–Kier alpha value is -2.84. The molecule has 0 saturated heterocycles. The highest BCUT2D eigenvalue weighted by Crippen LogP contribution is 2.19. The molecule has 1 N–H and O–H groups in total. The highest BCUT2D eigenvalue weighted by atomic mass is 35.5. The number of halogens is 1. The Morgan fingerprint density at radius 2 is 1.95 bits per heavy atom. The molecule has 0 fully saturated rings. The average molecular weight is 297 g/mol. The maximum absolute atomic E-state index is 12.1. The van der Waals surface area contributed by atoms with Crippen LogP contribution < -0.4 is 5.56 Å². The molecule has 0 atom stereocenters. The smallest absolute Gasteiger partial charge is 0.273 e. The van der Waals surface area contributed by atoms with Crippen LogP contribution in [0.5, 0.6) is 0 Å². The second-order valence-electron chi connectivity index (χ2n) is 4.36. The van der Waals surface area contributed by atoms with Crippen molar-refractivity contribution in [1.29, 1.82) is 5.26 Å². The van der Waals surface area contributed by atoms with Gasteiger partial charge < -0.3 is 0 Å². The number of hydrogen-bond donors (Lipinski definition) is 1. The molecule has 5 nitrogen and oxygen atoms in total. The number of aromatic amines is 1. The van der Waals surface area contributed by atoms with Gasteiger partial charge in [0.2, 0.25) is 0 Å². The number of nitriles is 1. The lowest BCUT2D eigenvalue weighted by molar-refractivity contribution is 0.821. The zero-order valence-corrected chi connectivity index (χ0v) is 11.5. The van der Waals surface area contributed by atoms with E-state index in [9.17, 15) is 4.79 Å². The molecular weight excluding hydrogens is 288 g/mol. The van der Waals surface area contributed by atoms with E-state index in [0.29, 0.717) is 22.1 Å². The van der Waals surface area contributed by atoms with Gasteiger partial charge in [0.25, 0.3) is 5.56 Å². The van der Waals surface area contributed by atoms with Crippen LogP contribution in [0.15, 0.2) is 53.5 Å². The molecule has 102 valence electrons. The monoisotopic (exact) mass is 296 g/mol. The Labute approximate surface area is 125 Å². The van der Waals surface area contributed by atoms with Gasteiger partial charge in [-0.2, -0.15) is 5.26 Å². The molecule has 0 aliphatic carbocycles. The van der Waals surface area contributed by atoms with E-state index >= 15 is 0 Å². The van der Waals surface area contributed by atoms with Crippen LogP contribution in [0.25, 0.3) is 17.1 Å². The molecule has 2 aromatic heterocycles. The first-order valence-corrected chi connectivity index (χ1v) is 6.50. The fourth-order valence-electron chi connectivity index (χ4n) is 1.95. The predicted octanol–water partition coefficient (Wildman–Crippen LogP) is 2.75. The van der Waals surface area contributed by atoms with E-state index in [1.807, 2.05) is 18.2 Å². The first-order chi connectivity index (χ1) is 10.2. The Morgan fingerprint density at radius 3 is 2.67 bits per heavy atom. The van der Waals surface area contributed by atoms with E-state index in [0.717, 1.165) is 5.56 Å².